The van der Waals surface area contributed by atoms with E-state index in [1.807, 2.05) is 0 Å². The summed E-state index contributed by atoms with van der Waals surface area (Å²) in [5, 5.41) is 12.7. The Morgan fingerprint density at radius 1 is 1.08 bits per heavy atom. The van der Waals surface area contributed by atoms with Crippen molar-refractivity contribution in [3.63, 3.8) is 0 Å². The number of hydrogen-bond acceptors (Lipinski definition) is 6. The summed E-state index contributed by atoms with van der Waals surface area (Å²) >= 11 is 13.2. The fourth-order valence-electron chi connectivity index (χ4n) is 2.20. The van der Waals surface area contributed by atoms with E-state index in [0.29, 0.717) is 10.8 Å². The Labute approximate surface area is 162 Å². The number of thiazole rings is 1. The molecular weight excluding hydrogens is 397 g/mol. The van der Waals surface area contributed by atoms with Gasteiger partial charge in [0, 0.05) is 5.69 Å². The number of carbonyl (C=O) groups is 2. The van der Waals surface area contributed by atoms with Crippen LogP contribution in [0, 0.1) is 0 Å². The Hall–Kier alpha value is -2.61. The van der Waals surface area contributed by atoms with Gasteiger partial charge >= 0.3 is 5.97 Å². The second kappa shape index (κ2) is 7.33. The summed E-state index contributed by atoms with van der Waals surface area (Å²) in [5.74, 6) is -1.37. The maximum atomic E-state index is 12.7. The summed E-state index contributed by atoms with van der Waals surface area (Å²) in [6, 6.07) is 10.9. The molecule has 0 amide bonds. The maximum Gasteiger partial charge on any atom is 0.335 e. The van der Waals surface area contributed by atoms with Crippen molar-refractivity contribution in [2.45, 2.75) is 0 Å². The molecule has 0 fully saturated rings. The Morgan fingerprint density at radius 3 is 2.27 bits per heavy atom. The molecule has 4 N–H and O–H groups in total. The van der Waals surface area contributed by atoms with Crippen LogP contribution in [0.25, 0.3) is 0 Å². The lowest BCUT2D eigenvalue weighted by atomic mass is 10.1. The standard InChI is InChI=1S/C17H11Cl2N3O3S/c18-10-2-1-3-11(19)12(10)13(23)14-15(20)22-17(26-14)21-9-6-4-8(5-7-9)16(24)25/h1-7H,20H2,(H,21,22)(H,24,25). The van der Waals surface area contributed by atoms with Gasteiger partial charge in [-0.3, -0.25) is 4.79 Å². The summed E-state index contributed by atoms with van der Waals surface area (Å²) < 4.78 is 0. The molecule has 0 unspecified atom stereocenters. The number of carboxylic acid groups (broad SMARTS) is 1. The number of aromatic nitrogens is 1. The van der Waals surface area contributed by atoms with Crippen LogP contribution in [0.2, 0.25) is 10.0 Å². The van der Waals surface area contributed by atoms with Crippen LogP contribution in [0.4, 0.5) is 16.6 Å². The Bertz CT molecular complexity index is 983. The van der Waals surface area contributed by atoms with Gasteiger partial charge in [0.15, 0.2) is 5.13 Å². The fourth-order valence-corrected chi connectivity index (χ4v) is 3.62. The topological polar surface area (TPSA) is 105 Å². The number of hydrogen-bond donors (Lipinski definition) is 3. The maximum absolute atomic E-state index is 12.7. The fraction of sp³-hybridized carbons (Fsp3) is 0. The number of nitrogens with zero attached hydrogens (tertiary/aromatic N) is 1. The number of nitrogens with two attached hydrogens (primary N) is 1. The molecule has 6 nitrogen and oxygen atoms in total. The highest BCUT2D eigenvalue weighted by molar-refractivity contribution is 7.18. The van der Waals surface area contributed by atoms with E-state index in [9.17, 15) is 9.59 Å². The Morgan fingerprint density at radius 2 is 1.69 bits per heavy atom. The van der Waals surface area contributed by atoms with Crippen LogP contribution >= 0.6 is 34.5 Å². The molecular formula is C17H11Cl2N3O3S. The van der Waals surface area contributed by atoms with Gasteiger partial charge in [0.1, 0.15) is 10.7 Å². The lowest BCUT2D eigenvalue weighted by Crippen LogP contribution is -2.04. The molecule has 0 saturated carbocycles. The third-order valence-corrected chi connectivity index (χ3v) is 5.05. The quantitative estimate of drug-likeness (QED) is 0.529. The molecule has 132 valence electrons. The minimum absolute atomic E-state index is 0.0562. The monoisotopic (exact) mass is 407 g/mol. The number of nitrogens with one attached hydrogen (secondary N) is 1. The highest BCUT2D eigenvalue weighted by Crippen LogP contribution is 2.33. The number of carbonyl (C=O) groups excluding carboxylic acids is 1. The summed E-state index contributed by atoms with van der Waals surface area (Å²) in [6.07, 6.45) is 0. The second-order valence-corrected chi connectivity index (χ2v) is 6.98. The summed E-state index contributed by atoms with van der Waals surface area (Å²) in [6.45, 7) is 0. The number of benzene rings is 2. The van der Waals surface area contributed by atoms with Gasteiger partial charge in [-0.1, -0.05) is 40.6 Å². The van der Waals surface area contributed by atoms with Crippen LogP contribution in [0.3, 0.4) is 0 Å². The van der Waals surface area contributed by atoms with Gasteiger partial charge in [-0.15, -0.1) is 0 Å². The van der Waals surface area contributed by atoms with E-state index in [1.54, 1.807) is 30.3 Å². The Balaban J connectivity index is 1.87. The minimum atomic E-state index is -1.01. The molecule has 1 heterocycles. The number of rotatable bonds is 5. The zero-order valence-electron chi connectivity index (χ0n) is 13.0. The van der Waals surface area contributed by atoms with Crippen molar-refractivity contribution in [2.75, 3.05) is 11.1 Å². The van der Waals surface area contributed by atoms with Crippen LogP contribution in [0.1, 0.15) is 25.6 Å². The molecule has 2 aromatic carbocycles. The first-order valence-electron chi connectivity index (χ1n) is 7.22. The highest BCUT2D eigenvalue weighted by Gasteiger charge is 2.22. The number of ketones is 1. The van der Waals surface area contributed by atoms with Crippen molar-refractivity contribution < 1.29 is 14.7 Å². The first kappa shape index (κ1) is 18.2. The minimum Gasteiger partial charge on any atom is -0.478 e. The summed E-state index contributed by atoms with van der Waals surface area (Å²) in [7, 11) is 0. The van der Waals surface area contributed by atoms with Crippen LogP contribution in [-0.2, 0) is 0 Å². The molecule has 0 spiro atoms. The van der Waals surface area contributed by atoms with E-state index in [4.69, 9.17) is 34.0 Å². The molecule has 0 atom stereocenters. The molecule has 26 heavy (non-hydrogen) atoms. The lowest BCUT2D eigenvalue weighted by molar-refractivity contribution is 0.0696. The predicted molar refractivity (Wildman–Crippen MR) is 103 cm³/mol. The number of anilines is 3. The van der Waals surface area contributed by atoms with Gasteiger partial charge in [-0.25, -0.2) is 9.78 Å². The van der Waals surface area contributed by atoms with Crippen LogP contribution in [0.15, 0.2) is 42.5 Å². The van der Waals surface area contributed by atoms with Crippen molar-refractivity contribution >= 4 is 62.9 Å². The number of nitrogen functional groups attached to an aromatic ring is 1. The summed E-state index contributed by atoms with van der Waals surface area (Å²) in [4.78, 5) is 27.9. The first-order chi connectivity index (χ1) is 12.4. The van der Waals surface area contributed by atoms with E-state index in [1.165, 1.54) is 12.1 Å². The van der Waals surface area contributed by atoms with Crippen LogP contribution in [0.5, 0.6) is 0 Å². The van der Waals surface area contributed by atoms with Crippen LogP contribution in [-0.4, -0.2) is 21.8 Å². The van der Waals surface area contributed by atoms with Crippen LogP contribution < -0.4 is 11.1 Å². The SMILES string of the molecule is Nc1nc(Nc2ccc(C(=O)O)cc2)sc1C(=O)c1c(Cl)cccc1Cl. The van der Waals surface area contributed by atoms with Gasteiger partial charge in [0.2, 0.25) is 5.78 Å². The van der Waals surface area contributed by atoms with E-state index in [0.717, 1.165) is 11.3 Å². The van der Waals surface area contributed by atoms with Crippen molar-refractivity contribution in [1.29, 1.82) is 0 Å². The molecule has 3 aromatic rings. The zero-order chi connectivity index (χ0) is 18.8. The number of aromatic carboxylic acids is 1. The molecule has 1 aromatic heterocycles. The number of halogens is 2. The molecule has 0 bridgehead atoms. The highest BCUT2D eigenvalue weighted by atomic mass is 35.5. The molecule has 9 heteroatoms. The molecule has 0 aliphatic rings. The number of carboxylic acids is 1. The molecule has 0 aliphatic carbocycles. The third-order valence-electron chi connectivity index (χ3n) is 3.43. The van der Waals surface area contributed by atoms with E-state index < -0.39 is 11.8 Å². The smallest absolute Gasteiger partial charge is 0.335 e. The average Bonchev–Trinajstić information content (AvgIpc) is 2.95. The molecule has 0 saturated heterocycles. The second-order valence-electron chi connectivity index (χ2n) is 5.17. The largest absolute Gasteiger partial charge is 0.478 e. The normalized spacial score (nSPS) is 10.5. The van der Waals surface area contributed by atoms with Gasteiger partial charge in [-0.05, 0) is 36.4 Å². The Kier molecular flexibility index (Phi) is 5.13. The first-order valence-corrected chi connectivity index (χ1v) is 8.79. The lowest BCUT2D eigenvalue weighted by Gasteiger charge is -2.04. The van der Waals surface area contributed by atoms with Crippen molar-refractivity contribution in [3.8, 4) is 0 Å². The van der Waals surface area contributed by atoms with Crippen molar-refractivity contribution in [2.24, 2.45) is 0 Å². The molecule has 3 rings (SSSR count). The van der Waals surface area contributed by atoms with Gasteiger partial charge in [0.05, 0.1) is 21.2 Å². The summed E-state index contributed by atoms with van der Waals surface area (Å²) in [5.41, 5.74) is 6.82. The third kappa shape index (κ3) is 3.65. The predicted octanol–water partition coefficient (Wildman–Crippen LogP) is 4.70. The molecule has 0 aliphatic heterocycles. The van der Waals surface area contributed by atoms with Gasteiger partial charge < -0.3 is 16.2 Å². The average molecular weight is 408 g/mol. The van der Waals surface area contributed by atoms with Gasteiger partial charge in [-0.2, -0.15) is 0 Å². The van der Waals surface area contributed by atoms with Crippen molar-refractivity contribution in [3.05, 3.63) is 68.5 Å². The van der Waals surface area contributed by atoms with Crippen molar-refractivity contribution in [1.82, 2.24) is 4.98 Å². The zero-order valence-corrected chi connectivity index (χ0v) is 15.3. The van der Waals surface area contributed by atoms with E-state index in [-0.39, 0.29) is 31.9 Å². The van der Waals surface area contributed by atoms with E-state index in [2.05, 4.69) is 10.3 Å². The molecule has 0 radical (unpaired) electrons. The van der Waals surface area contributed by atoms with Gasteiger partial charge in [0.25, 0.3) is 0 Å². The van der Waals surface area contributed by atoms with E-state index >= 15 is 0 Å².